The molecule has 28 heavy (non-hydrogen) atoms. The summed E-state index contributed by atoms with van der Waals surface area (Å²) in [5.41, 5.74) is 0.952. The van der Waals surface area contributed by atoms with Crippen LogP contribution < -0.4 is 5.32 Å². The molecule has 3 rings (SSSR count). The number of aliphatic carboxylic acids is 1. The lowest BCUT2D eigenvalue weighted by molar-refractivity contribution is -0.154. The Morgan fingerprint density at radius 2 is 1.96 bits per heavy atom. The Balaban J connectivity index is 1.72. The largest absolute Gasteiger partial charge is 0.480 e. The first-order valence-corrected chi connectivity index (χ1v) is 11.2. The van der Waals surface area contributed by atoms with Gasteiger partial charge < -0.3 is 15.3 Å². The van der Waals surface area contributed by atoms with Gasteiger partial charge in [-0.1, -0.05) is 30.3 Å². The predicted molar refractivity (Wildman–Crippen MR) is 108 cm³/mol. The number of carbonyl (C=O) groups is 3. The van der Waals surface area contributed by atoms with Gasteiger partial charge in [0.1, 0.15) is 17.5 Å². The van der Waals surface area contributed by atoms with Gasteiger partial charge in [-0.3, -0.25) is 13.8 Å². The van der Waals surface area contributed by atoms with Crippen LogP contribution in [-0.4, -0.2) is 60.5 Å². The van der Waals surface area contributed by atoms with Crippen LogP contribution in [0.1, 0.15) is 31.2 Å². The number of piperidine rings is 1. The quantitative estimate of drug-likeness (QED) is 0.611. The first kappa shape index (κ1) is 20.9. The van der Waals surface area contributed by atoms with Crippen molar-refractivity contribution in [3.8, 4) is 0 Å². The number of fused-ring (bicyclic) bond motifs is 1. The zero-order chi connectivity index (χ0) is 20.3. The van der Waals surface area contributed by atoms with E-state index in [9.17, 15) is 23.7 Å². The summed E-state index contributed by atoms with van der Waals surface area (Å²) < 4.78 is 12.6. The molecule has 2 fully saturated rings. The Kier molecular flexibility index (Phi) is 6.77. The molecule has 2 N–H and O–H groups in total. The number of nitrogens with one attached hydrogen (secondary N) is 1. The number of carbonyl (C=O) groups excluding carboxylic acids is 2. The first-order chi connectivity index (χ1) is 13.4. The van der Waals surface area contributed by atoms with Crippen molar-refractivity contribution in [1.29, 1.82) is 0 Å². The number of hydrogen-bond acceptors (Lipinski definition) is 5. The standard InChI is InChI=1S/C19H24N2O5S2/c22-17(15(27)11-12-5-2-1-3-6-12)20-13-9-10-28(26)16-8-4-7-14(19(24)25)21(16)18(13)23/h1-3,5-6,13-16,27H,4,7-11H2,(H,20,22)(H,24,25)/t13-,14-,15?,16-,28?/m0/s1. The molecule has 2 heterocycles. The average molecular weight is 425 g/mol. The third kappa shape index (κ3) is 4.57. The van der Waals surface area contributed by atoms with Gasteiger partial charge in [0.05, 0.1) is 5.25 Å². The van der Waals surface area contributed by atoms with Gasteiger partial charge in [0, 0.05) is 16.6 Å². The lowest BCUT2D eigenvalue weighted by Crippen LogP contribution is -2.58. The fourth-order valence-corrected chi connectivity index (χ4v) is 5.73. The minimum absolute atomic E-state index is 0.225. The van der Waals surface area contributed by atoms with Gasteiger partial charge in [0.15, 0.2) is 0 Å². The summed E-state index contributed by atoms with van der Waals surface area (Å²) in [5.74, 6) is -1.70. The Labute approximate surface area is 171 Å². The van der Waals surface area contributed by atoms with Crippen LogP contribution in [0.15, 0.2) is 30.3 Å². The lowest BCUT2D eigenvalue weighted by atomic mass is 10.00. The molecule has 2 saturated heterocycles. The van der Waals surface area contributed by atoms with Gasteiger partial charge in [0.2, 0.25) is 11.8 Å². The summed E-state index contributed by atoms with van der Waals surface area (Å²) in [6.45, 7) is 0. The molecule has 1 aromatic carbocycles. The Hall–Kier alpha value is -1.87. The molecule has 0 spiro atoms. The van der Waals surface area contributed by atoms with Crippen LogP contribution in [-0.2, 0) is 31.6 Å². The summed E-state index contributed by atoms with van der Waals surface area (Å²) in [7, 11) is -1.34. The number of thiol groups is 1. The first-order valence-electron chi connectivity index (χ1n) is 9.33. The molecule has 5 atom stereocenters. The van der Waals surface area contributed by atoms with Crippen LogP contribution in [0.5, 0.6) is 0 Å². The molecule has 0 aliphatic carbocycles. The fourth-order valence-electron chi connectivity index (χ4n) is 3.77. The van der Waals surface area contributed by atoms with Gasteiger partial charge in [-0.2, -0.15) is 12.6 Å². The third-order valence-corrected chi connectivity index (χ3v) is 7.34. The molecule has 2 aliphatic heterocycles. The maximum absolute atomic E-state index is 13.0. The number of carboxylic acids is 1. The Morgan fingerprint density at radius 1 is 1.25 bits per heavy atom. The maximum Gasteiger partial charge on any atom is 0.326 e. The average Bonchev–Trinajstić information content (AvgIpc) is 2.80. The van der Waals surface area contributed by atoms with E-state index in [1.54, 1.807) is 0 Å². The summed E-state index contributed by atoms with van der Waals surface area (Å²) in [6, 6.07) is 7.55. The minimum Gasteiger partial charge on any atom is -0.480 e. The summed E-state index contributed by atoms with van der Waals surface area (Å²) in [5, 5.41) is 11.0. The van der Waals surface area contributed by atoms with Crippen molar-refractivity contribution >= 4 is 41.2 Å². The fraction of sp³-hybridized carbons (Fsp3) is 0.526. The van der Waals surface area contributed by atoms with Crippen molar-refractivity contribution in [1.82, 2.24) is 10.2 Å². The summed E-state index contributed by atoms with van der Waals surface area (Å²) >= 11 is 4.36. The van der Waals surface area contributed by atoms with E-state index in [1.165, 1.54) is 4.90 Å². The van der Waals surface area contributed by atoms with Crippen molar-refractivity contribution in [2.45, 2.75) is 54.8 Å². The summed E-state index contributed by atoms with van der Waals surface area (Å²) in [4.78, 5) is 38.5. The van der Waals surface area contributed by atoms with E-state index in [0.29, 0.717) is 25.7 Å². The number of hydrogen-bond donors (Lipinski definition) is 3. The van der Waals surface area contributed by atoms with Crippen LogP contribution in [0.25, 0.3) is 0 Å². The number of carboxylic acid groups (broad SMARTS) is 1. The van der Waals surface area contributed by atoms with E-state index >= 15 is 0 Å². The number of benzene rings is 1. The lowest BCUT2D eigenvalue weighted by Gasteiger charge is -2.39. The van der Waals surface area contributed by atoms with Crippen LogP contribution in [0.4, 0.5) is 0 Å². The Morgan fingerprint density at radius 3 is 2.64 bits per heavy atom. The van der Waals surface area contributed by atoms with Crippen molar-refractivity contribution in [2.24, 2.45) is 0 Å². The highest BCUT2D eigenvalue weighted by molar-refractivity contribution is 7.85. The monoisotopic (exact) mass is 424 g/mol. The van der Waals surface area contributed by atoms with Crippen molar-refractivity contribution in [3.05, 3.63) is 35.9 Å². The second kappa shape index (κ2) is 9.09. The highest BCUT2D eigenvalue weighted by Gasteiger charge is 2.45. The van der Waals surface area contributed by atoms with Gasteiger partial charge in [-0.25, -0.2) is 4.79 Å². The molecule has 2 unspecified atom stereocenters. The molecule has 2 aliphatic rings. The summed E-state index contributed by atoms with van der Waals surface area (Å²) in [6.07, 6.45) is 2.10. The number of nitrogens with zero attached hydrogens (tertiary/aromatic N) is 1. The molecule has 0 radical (unpaired) electrons. The predicted octanol–water partition coefficient (Wildman–Crippen LogP) is 0.957. The highest BCUT2D eigenvalue weighted by Crippen LogP contribution is 2.29. The van der Waals surface area contributed by atoms with Gasteiger partial charge in [0.25, 0.3) is 0 Å². The topological polar surface area (TPSA) is 104 Å². The second-order valence-corrected chi connectivity index (χ2v) is 9.46. The zero-order valence-electron chi connectivity index (χ0n) is 15.3. The molecule has 7 nitrogen and oxygen atoms in total. The van der Waals surface area contributed by atoms with E-state index in [4.69, 9.17) is 0 Å². The van der Waals surface area contributed by atoms with E-state index in [2.05, 4.69) is 17.9 Å². The van der Waals surface area contributed by atoms with E-state index in [0.717, 1.165) is 5.56 Å². The number of amides is 2. The van der Waals surface area contributed by atoms with Crippen LogP contribution in [0.2, 0.25) is 0 Å². The third-order valence-electron chi connectivity index (χ3n) is 5.21. The van der Waals surface area contributed by atoms with Crippen LogP contribution in [0.3, 0.4) is 0 Å². The molecule has 0 aromatic heterocycles. The highest BCUT2D eigenvalue weighted by atomic mass is 32.2. The molecule has 1 aromatic rings. The smallest absolute Gasteiger partial charge is 0.326 e. The van der Waals surface area contributed by atoms with Crippen LogP contribution >= 0.6 is 12.6 Å². The van der Waals surface area contributed by atoms with E-state index in [1.807, 2.05) is 30.3 Å². The molecular weight excluding hydrogens is 400 g/mol. The van der Waals surface area contributed by atoms with E-state index < -0.39 is 51.3 Å². The Bertz CT molecular complexity index is 773. The van der Waals surface area contributed by atoms with Crippen molar-refractivity contribution < 1.29 is 23.7 Å². The molecule has 2 amide bonds. The molecule has 152 valence electrons. The van der Waals surface area contributed by atoms with Gasteiger partial charge >= 0.3 is 5.97 Å². The SMILES string of the molecule is O=C(N[C@H]1CCS(=O)[C@H]2CCC[C@@H](C(=O)O)N2C1=O)C(S)Cc1ccccc1. The molecule has 0 bridgehead atoms. The van der Waals surface area contributed by atoms with E-state index in [-0.39, 0.29) is 12.2 Å². The minimum atomic E-state index is -1.34. The normalized spacial score (nSPS) is 28.8. The van der Waals surface area contributed by atoms with Crippen LogP contribution in [0, 0.1) is 0 Å². The van der Waals surface area contributed by atoms with Crippen molar-refractivity contribution in [2.75, 3.05) is 5.75 Å². The zero-order valence-corrected chi connectivity index (χ0v) is 17.0. The van der Waals surface area contributed by atoms with Crippen molar-refractivity contribution in [3.63, 3.8) is 0 Å². The van der Waals surface area contributed by atoms with Gasteiger partial charge in [-0.15, -0.1) is 0 Å². The number of rotatable bonds is 5. The molecule has 9 heteroatoms. The molecular formula is C19H24N2O5S2. The molecule has 0 saturated carbocycles. The maximum atomic E-state index is 13.0. The second-order valence-electron chi connectivity index (χ2n) is 7.13. The van der Waals surface area contributed by atoms with Gasteiger partial charge in [-0.05, 0) is 37.7 Å².